The molecule has 0 saturated carbocycles. The van der Waals surface area contributed by atoms with Crippen molar-refractivity contribution < 1.29 is 22.7 Å². The molecule has 1 amide bonds. The lowest BCUT2D eigenvalue weighted by Crippen LogP contribution is -2.19. The van der Waals surface area contributed by atoms with Gasteiger partial charge >= 0.3 is 6.36 Å². The average molecular weight is 382 g/mol. The maximum atomic E-state index is 12.2. The van der Waals surface area contributed by atoms with Crippen LogP contribution >= 0.6 is 27.7 Å². The standard InChI is InChI=1S/C11H7BrF3N3O2S/c12-7-2-1-6(3-8(7)20-11(13,14)15)4-16-18-10-17-9(19)5-21-10/h1-4H,5H2,(H,17,18,19). The van der Waals surface area contributed by atoms with Crippen LogP contribution in [0.15, 0.2) is 32.9 Å². The fourth-order valence-electron chi connectivity index (χ4n) is 1.33. The van der Waals surface area contributed by atoms with E-state index in [1.807, 2.05) is 0 Å². The summed E-state index contributed by atoms with van der Waals surface area (Å²) in [4.78, 5) is 10.9. The Morgan fingerprint density at radius 2 is 2.19 bits per heavy atom. The van der Waals surface area contributed by atoms with Gasteiger partial charge in [-0.1, -0.05) is 17.8 Å². The van der Waals surface area contributed by atoms with E-state index in [9.17, 15) is 18.0 Å². The minimum Gasteiger partial charge on any atom is -0.405 e. The van der Waals surface area contributed by atoms with Crippen molar-refractivity contribution in [3.05, 3.63) is 28.2 Å². The van der Waals surface area contributed by atoms with Gasteiger partial charge in [-0.05, 0) is 33.6 Å². The molecule has 5 nitrogen and oxygen atoms in total. The van der Waals surface area contributed by atoms with E-state index in [1.54, 1.807) is 0 Å². The SMILES string of the molecule is O=C1CSC(=NN=Cc2ccc(Br)c(OC(F)(F)F)c2)N1. The van der Waals surface area contributed by atoms with E-state index in [4.69, 9.17) is 0 Å². The normalized spacial score (nSPS) is 17.5. The van der Waals surface area contributed by atoms with E-state index >= 15 is 0 Å². The third kappa shape index (κ3) is 5.05. The lowest BCUT2D eigenvalue weighted by molar-refractivity contribution is -0.274. The summed E-state index contributed by atoms with van der Waals surface area (Å²) in [5.74, 6) is -0.267. The Kier molecular flexibility index (Phi) is 4.88. The van der Waals surface area contributed by atoms with E-state index in [0.717, 1.165) is 0 Å². The molecule has 0 radical (unpaired) electrons. The summed E-state index contributed by atoms with van der Waals surface area (Å²) in [6.45, 7) is 0. The molecule has 1 heterocycles. The molecule has 0 unspecified atom stereocenters. The molecule has 0 atom stereocenters. The van der Waals surface area contributed by atoms with Gasteiger partial charge in [-0.3, -0.25) is 4.79 Å². The first-order valence-corrected chi connectivity index (χ1v) is 7.20. The molecule has 1 aliphatic heterocycles. The number of rotatable bonds is 3. The van der Waals surface area contributed by atoms with Crippen LogP contribution in [0.25, 0.3) is 0 Å². The number of nitrogens with zero attached hydrogens (tertiary/aromatic N) is 2. The van der Waals surface area contributed by atoms with Crippen molar-refractivity contribution in [1.29, 1.82) is 0 Å². The Bertz CT molecular complexity index is 619. The van der Waals surface area contributed by atoms with Gasteiger partial charge in [0.15, 0.2) is 5.17 Å². The molecule has 10 heteroatoms. The molecule has 2 rings (SSSR count). The number of thioether (sulfide) groups is 1. The fraction of sp³-hybridized carbons (Fsp3) is 0.182. The molecule has 0 aliphatic carbocycles. The van der Waals surface area contributed by atoms with Gasteiger partial charge in [0.1, 0.15) is 5.75 Å². The van der Waals surface area contributed by atoms with Crippen LogP contribution in [0.2, 0.25) is 0 Å². The topological polar surface area (TPSA) is 63.0 Å². The van der Waals surface area contributed by atoms with Crippen LogP contribution in [0.3, 0.4) is 0 Å². The summed E-state index contributed by atoms with van der Waals surface area (Å²) < 4.78 is 40.6. The third-order valence-electron chi connectivity index (χ3n) is 2.12. The Hall–Kier alpha value is -1.55. The highest BCUT2D eigenvalue weighted by Crippen LogP contribution is 2.30. The van der Waals surface area contributed by atoms with Crippen molar-refractivity contribution >= 4 is 45.0 Å². The molecule has 21 heavy (non-hydrogen) atoms. The highest BCUT2D eigenvalue weighted by atomic mass is 79.9. The molecule has 1 aromatic carbocycles. The molecule has 1 aliphatic rings. The van der Waals surface area contributed by atoms with E-state index < -0.39 is 6.36 Å². The van der Waals surface area contributed by atoms with Gasteiger partial charge in [0, 0.05) is 0 Å². The maximum absolute atomic E-state index is 12.2. The van der Waals surface area contributed by atoms with Gasteiger partial charge in [0.2, 0.25) is 5.91 Å². The second kappa shape index (κ2) is 6.48. The number of carbonyl (C=O) groups is 1. The first-order valence-electron chi connectivity index (χ1n) is 5.42. The molecular formula is C11H7BrF3N3O2S. The monoisotopic (exact) mass is 381 g/mol. The predicted molar refractivity (Wildman–Crippen MR) is 76.5 cm³/mol. The third-order valence-corrected chi connectivity index (χ3v) is 3.64. The van der Waals surface area contributed by atoms with Crippen molar-refractivity contribution in [2.75, 3.05) is 5.75 Å². The van der Waals surface area contributed by atoms with Crippen LogP contribution in [0.1, 0.15) is 5.56 Å². The van der Waals surface area contributed by atoms with Gasteiger partial charge in [-0.25, -0.2) is 0 Å². The zero-order valence-corrected chi connectivity index (χ0v) is 12.6. The second-order valence-corrected chi connectivity index (χ2v) is 5.54. The first-order chi connectivity index (χ1) is 9.83. The van der Waals surface area contributed by atoms with E-state index in [1.165, 1.54) is 36.2 Å². The molecular weight excluding hydrogens is 375 g/mol. The summed E-state index contributed by atoms with van der Waals surface area (Å²) in [6.07, 6.45) is -3.52. The number of alkyl halides is 3. The molecule has 0 spiro atoms. The number of nitrogens with one attached hydrogen (secondary N) is 1. The molecule has 1 aromatic rings. The molecule has 1 N–H and O–H groups in total. The highest BCUT2D eigenvalue weighted by molar-refractivity contribution is 9.10. The summed E-state index contributed by atoms with van der Waals surface area (Å²) >= 11 is 4.16. The van der Waals surface area contributed by atoms with Gasteiger partial charge in [-0.15, -0.1) is 18.3 Å². The molecule has 1 fully saturated rings. The number of halogens is 4. The zero-order valence-electron chi connectivity index (χ0n) is 10.1. The van der Waals surface area contributed by atoms with Gasteiger partial charge in [0.05, 0.1) is 16.4 Å². The first kappa shape index (κ1) is 15.8. The minimum absolute atomic E-state index is 0.168. The quantitative estimate of drug-likeness (QED) is 0.646. The molecule has 1 saturated heterocycles. The van der Waals surface area contributed by atoms with Crippen LogP contribution in [-0.4, -0.2) is 29.4 Å². The van der Waals surface area contributed by atoms with Gasteiger partial charge < -0.3 is 10.1 Å². The van der Waals surface area contributed by atoms with Crippen LogP contribution < -0.4 is 10.1 Å². The number of benzene rings is 1. The van der Waals surface area contributed by atoms with E-state index in [-0.39, 0.29) is 21.9 Å². The number of hydrogen-bond donors (Lipinski definition) is 1. The van der Waals surface area contributed by atoms with Crippen LogP contribution in [-0.2, 0) is 4.79 Å². The van der Waals surface area contributed by atoms with Crippen molar-refractivity contribution in [1.82, 2.24) is 5.32 Å². The number of amides is 1. The number of carbonyl (C=O) groups excluding carboxylic acids is 1. The summed E-state index contributed by atoms with van der Waals surface area (Å²) in [5.41, 5.74) is 0.371. The molecule has 112 valence electrons. The second-order valence-electron chi connectivity index (χ2n) is 3.72. The van der Waals surface area contributed by atoms with E-state index in [0.29, 0.717) is 10.7 Å². The van der Waals surface area contributed by atoms with Crippen LogP contribution in [0.5, 0.6) is 5.75 Å². The Morgan fingerprint density at radius 3 is 2.81 bits per heavy atom. The van der Waals surface area contributed by atoms with Crippen molar-refractivity contribution in [2.24, 2.45) is 10.2 Å². The summed E-state index contributed by atoms with van der Waals surface area (Å²) in [5, 5.41) is 10.3. The largest absolute Gasteiger partial charge is 0.573 e. The average Bonchev–Trinajstić information content (AvgIpc) is 2.77. The van der Waals surface area contributed by atoms with Gasteiger partial charge in [0.25, 0.3) is 0 Å². The Labute approximate surface area is 129 Å². The fourth-order valence-corrected chi connectivity index (χ4v) is 2.29. The minimum atomic E-state index is -4.77. The number of amidine groups is 1. The van der Waals surface area contributed by atoms with Crippen LogP contribution in [0, 0.1) is 0 Å². The lowest BCUT2D eigenvalue weighted by Gasteiger charge is -2.10. The number of hydrogen-bond acceptors (Lipinski definition) is 5. The summed E-state index contributed by atoms with van der Waals surface area (Å²) in [7, 11) is 0. The number of ether oxygens (including phenoxy) is 1. The molecule has 0 bridgehead atoms. The van der Waals surface area contributed by atoms with Crippen molar-refractivity contribution in [3.8, 4) is 5.75 Å². The maximum Gasteiger partial charge on any atom is 0.573 e. The van der Waals surface area contributed by atoms with Crippen molar-refractivity contribution in [2.45, 2.75) is 6.36 Å². The summed E-state index contributed by atoms with van der Waals surface area (Å²) in [6, 6.07) is 4.11. The predicted octanol–water partition coefficient (Wildman–Crippen LogP) is 2.90. The Morgan fingerprint density at radius 1 is 1.43 bits per heavy atom. The zero-order chi connectivity index (χ0) is 15.5. The molecule has 0 aromatic heterocycles. The van der Waals surface area contributed by atoms with Crippen LogP contribution in [0.4, 0.5) is 13.2 Å². The highest BCUT2D eigenvalue weighted by Gasteiger charge is 2.32. The Balaban J connectivity index is 2.10. The smallest absolute Gasteiger partial charge is 0.405 e. The van der Waals surface area contributed by atoms with Crippen molar-refractivity contribution in [3.63, 3.8) is 0 Å². The van der Waals surface area contributed by atoms with Gasteiger partial charge in [-0.2, -0.15) is 5.10 Å². The van der Waals surface area contributed by atoms with E-state index in [2.05, 4.69) is 36.2 Å². The lowest BCUT2D eigenvalue weighted by atomic mass is 10.2.